The van der Waals surface area contributed by atoms with Crippen molar-refractivity contribution < 1.29 is 4.74 Å². The molecule has 1 fully saturated rings. The molecule has 0 aromatic heterocycles. The van der Waals surface area contributed by atoms with Crippen LogP contribution >= 0.6 is 11.6 Å². The Kier molecular flexibility index (Phi) is 3.59. The number of rotatable bonds is 1. The van der Waals surface area contributed by atoms with E-state index in [0.717, 1.165) is 23.7 Å². The summed E-state index contributed by atoms with van der Waals surface area (Å²) in [4.78, 5) is 0. The maximum absolute atomic E-state index is 6.20. The molecule has 22 heavy (non-hydrogen) atoms. The minimum Gasteiger partial charge on any atom is -0.378 e. The van der Waals surface area contributed by atoms with E-state index in [1.165, 1.54) is 23.1 Å². The minimum atomic E-state index is 0.148. The van der Waals surface area contributed by atoms with Crippen LogP contribution in [0.5, 0.6) is 0 Å². The summed E-state index contributed by atoms with van der Waals surface area (Å²) in [6, 6.07) is 15.2. The van der Waals surface area contributed by atoms with Gasteiger partial charge in [-0.15, -0.1) is 0 Å². The Morgan fingerprint density at radius 3 is 2.77 bits per heavy atom. The smallest absolute Gasteiger partial charge is 0.0896 e. The number of nitrogens with one attached hydrogen (secondary N) is 1. The standard InChI is InChI=1S/C19H20ClNO/c1-12-4-6-13(7-5-12)18-15-3-2-10-22-19(15)16-11-14(20)8-9-17(16)21-18/h4-9,11,15,18-19,21H,2-3,10H2,1H3/t15-,18-,19-/m0/s1. The maximum atomic E-state index is 6.20. The van der Waals surface area contributed by atoms with Crippen molar-refractivity contribution in [2.75, 3.05) is 11.9 Å². The molecule has 3 heteroatoms. The van der Waals surface area contributed by atoms with Crippen LogP contribution in [0.3, 0.4) is 0 Å². The fraction of sp³-hybridized carbons (Fsp3) is 0.368. The van der Waals surface area contributed by atoms with E-state index >= 15 is 0 Å². The SMILES string of the molecule is Cc1ccc([C@@H]2Nc3ccc(Cl)cc3[C@H]3OCCC[C@H]32)cc1. The van der Waals surface area contributed by atoms with Gasteiger partial charge in [0.2, 0.25) is 0 Å². The zero-order chi connectivity index (χ0) is 15.1. The first-order chi connectivity index (χ1) is 10.7. The lowest BCUT2D eigenvalue weighted by Gasteiger charge is -2.43. The number of benzene rings is 2. The summed E-state index contributed by atoms with van der Waals surface area (Å²) in [7, 11) is 0. The summed E-state index contributed by atoms with van der Waals surface area (Å²) in [5.41, 5.74) is 4.99. The fourth-order valence-corrected chi connectivity index (χ4v) is 3.93. The lowest BCUT2D eigenvalue weighted by molar-refractivity contribution is -0.0381. The summed E-state index contributed by atoms with van der Waals surface area (Å²) in [6.07, 6.45) is 2.46. The van der Waals surface area contributed by atoms with Gasteiger partial charge in [0.15, 0.2) is 0 Å². The highest BCUT2D eigenvalue weighted by Crippen LogP contribution is 2.49. The highest BCUT2D eigenvalue weighted by molar-refractivity contribution is 6.30. The number of fused-ring (bicyclic) bond motifs is 3. The van der Waals surface area contributed by atoms with Crippen molar-refractivity contribution in [3.63, 3.8) is 0 Å². The van der Waals surface area contributed by atoms with Crippen molar-refractivity contribution in [1.82, 2.24) is 0 Å². The van der Waals surface area contributed by atoms with Crippen molar-refractivity contribution in [3.8, 4) is 0 Å². The van der Waals surface area contributed by atoms with Gasteiger partial charge in [0, 0.05) is 28.8 Å². The summed E-state index contributed by atoms with van der Waals surface area (Å²) >= 11 is 6.20. The van der Waals surface area contributed by atoms with Crippen molar-refractivity contribution in [1.29, 1.82) is 0 Å². The molecule has 2 aliphatic heterocycles. The van der Waals surface area contributed by atoms with Gasteiger partial charge >= 0.3 is 0 Å². The second-order valence-electron chi connectivity index (χ2n) is 6.36. The molecule has 4 rings (SSSR count). The number of hydrogen-bond donors (Lipinski definition) is 1. The Labute approximate surface area is 136 Å². The lowest BCUT2D eigenvalue weighted by atomic mass is 9.77. The second-order valence-corrected chi connectivity index (χ2v) is 6.80. The first-order valence-electron chi connectivity index (χ1n) is 7.96. The molecule has 2 aromatic carbocycles. The summed E-state index contributed by atoms with van der Waals surface area (Å²) in [5.74, 6) is 0.461. The molecular formula is C19H20ClNO. The van der Waals surface area contributed by atoms with E-state index in [9.17, 15) is 0 Å². The molecule has 2 aliphatic rings. The predicted molar refractivity (Wildman–Crippen MR) is 90.4 cm³/mol. The molecule has 1 saturated heterocycles. The van der Waals surface area contributed by atoms with Crippen molar-refractivity contribution >= 4 is 17.3 Å². The van der Waals surface area contributed by atoms with Gasteiger partial charge in [-0.3, -0.25) is 0 Å². The van der Waals surface area contributed by atoms with Crippen LogP contribution in [0.1, 0.15) is 41.7 Å². The molecule has 0 radical (unpaired) electrons. The topological polar surface area (TPSA) is 21.3 Å². The molecule has 2 aromatic rings. The van der Waals surface area contributed by atoms with Gasteiger partial charge in [-0.25, -0.2) is 0 Å². The van der Waals surface area contributed by atoms with E-state index in [-0.39, 0.29) is 6.10 Å². The zero-order valence-corrected chi connectivity index (χ0v) is 13.4. The molecule has 1 N–H and O–H groups in total. The molecule has 0 bridgehead atoms. The predicted octanol–water partition coefficient (Wildman–Crippen LogP) is 5.28. The Morgan fingerprint density at radius 1 is 1.14 bits per heavy atom. The largest absolute Gasteiger partial charge is 0.378 e. The molecule has 2 nitrogen and oxygen atoms in total. The first kappa shape index (κ1) is 14.1. The highest BCUT2D eigenvalue weighted by atomic mass is 35.5. The summed E-state index contributed by atoms with van der Waals surface area (Å²) in [5, 5.41) is 4.50. The van der Waals surface area contributed by atoms with Crippen LogP contribution in [-0.4, -0.2) is 6.61 Å². The molecule has 0 amide bonds. The van der Waals surface area contributed by atoms with E-state index in [0.29, 0.717) is 12.0 Å². The molecular weight excluding hydrogens is 294 g/mol. The fourth-order valence-electron chi connectivity index (χ4n) is 3.75. The summed E-state index contributed by atoms with van der Waals surface area (Å²) in [6.45, 7) is 2.97. The molecule has 0 aliphatic carbocycles. The van der Waals surface area contributed by atoms with Gasteiger partial charge in [-0.1, -0.05) is 41.4 Å². The molecule has 3 atom stereocenters. The van der Waals surface area contributed by atoms with Crippen LogP contribution in [-0.2, 0) is 4.74 Å². The summed E-state index contributed by atoms with van der Waals surface area (Å²) < 4.78 is 6.14. The van der Waals surface area contributed by atoms with E-state index in [1.54, 1.807) is 0 Å². The van der Waals surface area contributed by atoms with Gasteiger partial charge < -0.3 is 10.1 Å². The van der Waals surface area contributed by atoms with E-state index in [2.05, 4.69) is 48.6 Å². The number of halogens is 1. The van der Waals surface area contributed by atoms with Gasteiger partial charge in [0.05, 0.1) is 12.1 Å². The number of ether oxygens (including phenoxy) is 1. The van der Waals surface area contributed by atoms with Crippen LogP contribution < -0.4 is 5.32 Å². The quantitative estimate of drug-likeness (QED) is 0.773. The Hall–Kier alpha value is -1.51. The van der Waals surface area contributed by atoms with Crippen molar-refractivity contribution in [2.45, 2.75) is 31.9 Å². The van der Waals surface area contributed by atoms with Gasteiger partial charge in [0.25, 0.3) is 0 Å². The van der Waals surface area contributed by atoms with Gasteiger partial charge in [-0.05, 0) is 43.5 Å². The van der Waals surface area contributed by atoms with Crippen LogP contribution in [0.4, 0.5) is 5.69 Å². The van der Waals surface area contributed by atoms with Crippen molar-refractivity contribution in [2.24, 2.45) is 5.92 Å². The van der Waals surface area contributed by atoms with Crippen LogP contribution in [0.2, 0.25) is 5.02 Å². The van der Waals surface area contributed by atoms with Crippen LogP contribution in [0.25, 0.3) is 0 Å². The molecule has 0 spiro atoms. The van der Waals surface area contributed by atoms with Crippen molar-refractivity contribution in [3.05, 3.63) is 64.2 Å². The lowest BCUT2D eigenvalue weighted by Crippen LogP contribution is -2.35. The Bertz CT molecular complexity index is 682. The molecule has 0 unspecified atom stereocenters. The number of aryl methyl sites for hydroxylation is 1. The van der Waals surface area contributed by atoms with Crippen LogP contribution in [0.15, 0.2) is 42.5 Å². The third kappa shape index (κ3) is 2.41. The third-order valence-electron chi connectivity index (χ3n) is 4.86. The molecule has 0 saturated carbocycles. The average Bonchev–Trinajstić information content (AvgIpc) is 2.55. The van der Waals surface area contributed by atoms with E-state index < -0.39 is 0 Å². The normalized spacial score (nSPS) is 26.7. The van der Waals surface area contributed by atoms with Crippen LogP contribution in [0, 0.1) is 12.8 Å². The minimum absolute atomic E-state index is 0.148. The number of anilines is 1. The Balaban J connectivity index is 1.77. The zero-order valence-electron chi connectivity index (χ0n) is 12.7. The van der Waals surface area contributed by atoms with E-state index in [1.807, 2.05) is 6.07 Å². The van der Waals surface area contributed by atoms with E-state index in [4.69, 9.17) is 16.3 Å². The first-order valence-corrected chi connectivity index (χ1v) is 8.34. The molecule has 114 valence electrons. The highest BCUT2D eigenvalue weighted by Gasteiger charge is 2.39. The maximum Gasteiger partial charge on any atom is 0.0896 e. The second kappa shape index (κ2) is 5.60. The Morgan fingerprint density at radius 2 is 1.95 bits per heavy atom. The molecule has 2 heterocycles. The monoisotopic (exact) mass is 313 g/mol. The van der Waals surface area contributed by atoms with Gasteiger partial charge in [0.1, 0.15) is 0 Å². The number of hydrogen-bond acceptors (Lipinski definition) is 2. The third-order valence-corrected chi connectivity index (χ3v) is 5.10. The average molecular weight is 314 g/mol. The van der Waals surface area contributed by atoms with Gasteiger partial charge in [-0.2, -0.15) is 0 Å².